The lowest BCUT2D eigenvalue weighted by Gasteiger charge is -2.15. The third kappa shape index (κ3) is 4.04. The first-order valence-corrected chi connectivity index (χ1v) is 5.56. The predicted octanol–water partition coefficient (Wildman–Crippen LogP) is 1.79. The molecule has 0 atom stereocenters. The van der Waals surface area contributed by atoms with Crippen LogP contribution in [-0.2, 0) is 0 Å². The Labute approximate surface area is 80.2 Å². The summed E-state index contributed by atoms with van der Waals surface area (Å²) >= 11 is 3.17. The van der Waals surface area contributed by atoms with Gasteiger partial charge >= 0.3 is 0 Å². The molecule has 1 aromatic heterocycles. The molecule has 0 unspecified atom stereocenters. The van der Waals surface area contributed by atoms with E-state index in [-0.39, 0.29) is 0 Å². The Balaban J connectivity index is 2.20. The summed E-state index contributed by atoms with van der Waals surface area (Å²) in [5, 5.41) is 17.0. The standard InChI is InChI=1S/C7H12N2OS2/c1-7(2,10)3-4-11-6-9-8-5-12-6/h5,10H,3-4H2,1-2H3. The summed E-state index contributed by atoms with van der Waals surface area (Å²) in [6.07, 6.45) is 0.775. The lowest BCUT2D eigenvalue weighted by atomic mass is 10.1. The molecule has 0 fully saturated rings. The second kappa shape index (κ2) is 4.20. The van der Waals surface area contributed by atoms with E-state index >= 15 is 0 Å². The highest BCUT2D eigenvalue weighted by molar-refractivity contribution is 8.00. The Kier molecular flexibility index (Phi) is 3.49. The molecule has 1 rings (SSSR count). The third-order valence-corrected chi connectivity index (χ3v) is 3.14. The van der Waals surface area contributed by atoms with E-state index < -0.39 is 5.60 Å². The summed E-state index contributed by atoms with van der Waals surface area (Å²) in [4.78, 5) is 0. The van der Waals surface area contributed by atoms with Crippen LogP contribution in [-0.4, -0.2) is 26.7 Å². The van der Waals surface area contributed by atoms with Crippen molar-refractivity contribution in [3.05, 3.63) is 5.51 Å². The van der Waals surface area contributed by atoms with Gasteiger partial charge in [-0.25, -0.2) is 0 Å². The van der Waals surface area contributed by atoms with Crippen LogP contribution in [0.4, 0.5) is 0 Å². The highest BCUT2D eigenvalue weighted by Crippen LogP contribution is 2.22. The number of aromatic nitrogens is 2. The molecular weight excluding hydrogens is 192 g/mol. The summed E-state index contributed by atoms with van der Waals surface area (Å²) < 4.78 is 0.972. The largest absolute Gasteiger partial charge is 0.390 e. The fourth-order valence-corrected chi connectivity index (χ4v) is 2.43. The second-order valence-electron chi connectivity index (χ2n) is 3.12. The van der Waals surface area contributed by atoms with Crippen molar-refractivity contribution in [2.45, 2.75) is 30.2 Å². The quantitative estimate of drug-likeness (QED) is 0.760. The van der Waals surface area contributed by atoms with Crippen LogP contribution in [0, 0.1) is 0 Å². The van der Waals surface area contributed by atoms with Gasteiger partial charge in [0, 0.05) is 5.75 Å². The molecule has 68 valence electrons. The molecule has 0 spiro atoms. The number of thioether (sulfide) groups is 1. The molecule has 0 aliphatic carbocycles. The zero-order valence-corrected chi connectivity index (χ0v) is 8.78. The Hall–Kier alpha value is -0.130. The van der Waals surface area contributed by atoms with Crippen LogP contribution in [0.2, 0.25) is 0 Å². The van der Waals surface area contributed by atoms with E-state index in [4.69, 9.17) is 0 Å². The van der Waals surface area contributed by atoms with Gasteiger partial charge in [-0.3, -0.25) is 0 Å². The molecule has 0 radical (unpaired) electrons. The summed E-state index contributed by atoms with van der Waals surface area (Å²) in [6.45, 7) is 3.63. The normalized spacial score (nSPS) is 11.9. The zero-order chi connectivity index (χ0) is 9.03. The maximum atomic E-state index is 9.40. The van der Waals surface area contributed by atoms with Crippen molar-refractivity contribution in [2.24, 2.45) is 0 Å². The molecular formula is C7H12N2OS2. The molecule has 0 aliphatic heterocycles. The first kappa shape index (κ1) is 9.95. The molecule has 0 aliphatic rings. The maximum Gasteiger partial charge on any atom is 0.174 e. The van der Waals surface area contributed by atoms with Gasteiger partial charge in [-0.1, -0.05) is 23.1 Å². The minimum Gasteiger partial charge on any atom is -0.390 e. The smallest absolute Gasteiger partial charge is 0.174 e. The van der Waals surface area contributed by atoms with Crippen molar-refractivity contribution in [3.8, 4) is 0 Å². The molecule has 5 heteroatoms. The fraction of sp³-hybridized carbons (Fsp3) is 0.714. The Morgan fingerprint density at radius 1 is 1.67 bits per heavy atom. The van der Waals surface area contributed by atoms with Crippen LogP contribution < -0.4 is 0 Å². The van der Waals surface area contributed by atoms with E-state index in [1.807, 2.05) is 13.8 Å². The van der Waals surface area contributed by atoms with E-state index in [0.29, 0.717) is 0 Å². The van der Waals surface area contributed by atoms with Crippen LogP contribution in [0.25, 0.3) is 0 Å². The monoisotopic (exact) mass is 204 g/mol. The molecule has 12 heavy (non-hydrogen) atoms. The average Bonchev–Trinajstić information content (AvgIpc) is 2.36. The van der Waals surface area contributed by atoms with Crippen molar-refractivity contribution in [3.63, 3.8) is 0 Å². The molecule has 0 bridgehead atoms. The SMILES string of the molecule is CC(C)(O)CCSc1nncs1. The van der Waals surface area contributed by atoms with Crippen molar-refractivity contribution >= 4 is 23.1 Å². The fourth-order valence-electron chi connectivity index (χ4n) is 0.614. The van der Waals surface area contributed by atoms with E-state index in [0.717, 1.165) is 16.5 Å². The van der Waals surface area contributed by atoms with Gasteiger partial charge in [0.1, 0.15) is 5.51 Å². The summed E-state index contributed by atoms with van der Waals surface area (Å²) in [6, 6.07) is 0. The molecule has 0 saturated carbocycles. The lowest BCUT2D eigenvalue weighted by molar-refractivity contribution is 0.0778. The van der Waals surface area contributed by atoms with Gasteiger partial charge in [-0.2, -0.15) is 0 Å². The zero-order valence-electron chi connectivity index (χ0n) is 7.15. The molecule has 0 amide bonds. The maximum absolute atomic E-state index is 9.40. The Bertz CT molecular complexity index is 218. The molecule has 1 N–H and O–H groups in total. The highest BCUT2D eigenvalue weighted by atomic mass is 32.2. The van der Waals surface area contributed by atoms with E-state index in [2.05, 4.69) is 10.2 Å². The minimum absolute atomic E-state index is 0.572. The predicted molar refractivity (Wildman–Crippen MR) is 51.5 cm³/mol. The molecule has 0 saturated heterocycles. The number of nitrogens with zero attached hydrogens (tertiary/aromatic N) is 2. The van der Waals surface area contributed by atoms with Gasteiger partial charge in [-0.05, 0) is 20.3 Å². The first-order valence-electron chi connectivity index (χ1n) is 3.69. The van der Waals surface area contributed by atoms with Crippen molar-refractivity contribution in [2.75, 3.05) is 5.75 Å². The van der Waals surface area contributed by atoms with E-state index in [1.54, 1.807) is 17.3 Å². The van der Waals surface area contributed by atoms with Gasteiger partial charge in [0.2, 0.25) is 0 Å². The van der Waals surface area contributed by atoms with Crippen LogP contribution in [0.3, 0.4) is 0 Å². The van der Waals surface area contributed by atoms with Crippen LogP contribution in [0.5, 0.6) is 0 Å². The molecule has 3 nitrogen and oxygen atoms in total. The van der Waals surface area contributed by atoms with Crippen LogP contribution in [0.1, 0.15) is 20.3 Å². The number of hydrogen-bond donors (Lipinski definition) is 1. The Morgan fingerprint density at radius 3 is 2.92 bits per heavy atom. The number of aliphatic hydroxyl groups is 1. The van der Waals surface area contributed by atoms with E-state index in [9.17, 15) is 5.11 Å². The third-order valence-electron chi connectivity index (χ3n) is 1.28. The van der Waals surface area contributed by atoms with Gasteiger partial charge < -0.3 is 5.11 Å². The molecule has 1 aromatic rings. The van der Waals surface area contributed by atoms with E-state index in [1.165, 1.54) is 11.3 Å². The molecule has 0 aromatic carbocycles. The summed E-state index contributed by atoms with van der Waals surface area (Å²) in [5.74, 6) is 0.888. The summed E-state index contributed by atoms with van der Waals surface area (Å²) in [7, 11) is 0. The van der Waals surface area contributed by atoms with Crippen molar-refractivity contribution < 1.29 is 5.11 Å². The van der Waals surface area contributed by atoms with Gasteiger partial charge in [0.05, 0.1) is 5.60 Å². The first-order chi connectivity index (χ1) is 5.58. The highest BCUT2D eigenvalue weighted by Gasteiger charge is 2.12. The average molecular weight is 204 g/mol. The van der Waals surface area contributed by atoms with Crippen molar-refractivity contribution in [1.82, 2.24) is 10.2 Å². The topological polar surface area (TPSA) is 46.0 Å². The van der Waals surface area contributed by atoms with Gasteiger partial charge in [-0.15, -0.1) is 10.2 Å². The molecule has 1 heterocycles. The minimum atomic E-state index is -0.572. The van der Waals surface area contributed by atoms with Crippen LogP contribution in [0.15, 0.2) is 9.85 Å². The second-order valence-corrected chi connectivity index (χ2v) is 5.29. The number of hydrogen-bond acceptors (Lipinski definition) is 5. The lowest BCUT2D eigenvalue weighted by Crippen LogP contribution is -2.18. The van der Waals surface area contributed by atoms with Gasteiger partial charge in [0.15, 0.2) is 4.34 Å². The van der Waals surface area contributed by atoms with Crippen molar-refractivity contribution in [1.29, 1.82) is 0 Å². The summed E-state index contributed by atoms with van der Waals surface area (Å²) in [5.41, 5.74) is 1.14. The van der Waals surface area contributed by atoms with Gasteiger partial charge in [0.25, 0.3) is 0 Å². The van der Waals surface area contributed by atoms with Crippen LogP contribution >= 0.6 is 23.1 Å². The Morgan fingerprint density at radius 2 is 2.42 bits per heavy atom. The number of rotatable bonds is 4.